The molecule has 86 valence electrons. The minimum absolute atomic E-state index is 0.132. The summed E-state index contributed by atoms with van der Waals surface area (Å²) in [7, 11) is -3.67. The van der Waals surface area contributed by atoms with Crippen LogP contribution in [0.1, 0.15) is 13.3 Å². The van der Waals surface area contributed by atoms with Gasteiger partial charge in [0.25, 0.3) is 10.1 Å². The number of morpholine rings is 1. The molecule has 0 atom stereocenters. The van der Waals surface area contributed by atoms with Gasteiger partial charge in [0.05, 0.1) is 19.0 Å². The predicted octanol–water partition coefficient (Wildman–Crippen LogP) is -0.523. The van der Waals surface area contributed by atoms with Gasteiger partial charge in [-0.1, -0.05) is 6.92 Å². The molecule has 0 unspecified atom stereocenters. The van der Waals surface area contributed by atoms with Gasteiger partial charge >= 0.3 is 0 Å². The third-order valence-corrected chi connectivity index (χ3v) is 2.43. The normalized spacial score (nSPS) is 18.5. The standard InChI is InChI=1S/C4H10N2O.C3H8O3S/c5-6-1-3-7-4-2-6;1-2-3-7(4,5)6/h1-5H2;2-3H2,1H3,(H,4,5,6). The Morgan fingerprint density at radius 3 is 2.07 bits per heavy atom. The summed E-state index contributed by atoms with van der Waals surface area (Å²) in [5, 5.41) is 1.77. The van der Waals surface area contributed by atoms with E-state index in [1.54, 1.807) is 11.9 Å². The molecule has 0 saturated carbocycles. The van der Waals surface area contributed by atoms with Gasteiger partial charge in [0.2, 0.25) is 0 Å². The van der Waals surface area contributed by atoms with E-state index in [0.29, 0.717) is 6.42 Å². The number of ether oxygens (including phenoxy) is 1. The van der Waals surface area contributed by atoms with Crippen LogP contribution in [0.3, 0.4) is 0 Å². The quantitative estimate of drug-likeness (QED) is 0.486. The Kier molecular flexibility index (Phi) is 7.02. The van der Waals surface area contributed by atoms with E-state index in [9.17, 15) is 8.42 Å². The molecule has 1 saturated heterocycles. The third-order valence-electron chi connectivity index (χ3n) is 1.51. The van der Waals surface area contributed by atoms with Crippen molar-refractivity contribution < 1.29 is 17.7 Å². The van der Waals surface area contributed by atoms with E-state index in [0.717, 1.165) is 26.3 Å². The van der Waals surface area contributed by atoms with Crippen LogP contribution in [0.25, 0.3) is 0 Å². The Morgan fingerprint density at radius 1 is 1.43 bits per heavy atom. The Morgan fingerprint density at radius 2 is 1.93 bits per heavy atom. The van der Waals surface area contributed by atoms with E-state index in [2.05, 4.69) is 0 Å². The number of rotatable bonds is 2. The molecular weight excluding hydrogens is 208 g/mol. The molecule has 0 aromatic heterocycles. The first-order valence-corrected chi connectivity index (χ1v) is 6.09. The summed E-state index contributed by atoms with van der Waals surface area (Å²) in [6.45, 7) is 5.01. The van der Waals surface area contributed by atoms with Crippen molar-refractivity contribution in [1.82, 2.24) is 5.01 Å². The molecular formula is C7H18N2O4S. The lowest BCUT2D eigenvalue weighted by molar-refractivity contribution is 0.0378. The van der Waals surface area contributed by atoms with Gasteiger partial charge in [-0.25, -0.2) is 5.01 Å². The average Bonchev–Trinajstić information content (AvgIpc) is 2.04. The number of nitrogens with two attached hydrogens (primary N) is 1. The van der Waals surface area contributed by atoms with Gasteiger partial charge in [-0.2, -0.15) is 8.42 Å². The van der Waals surface area contributed by atoms with Crippen molar-refractivity contribution in [3.05, 3.63) is 0 Å². The smallest absolute Gasteiger partial charge is 0.264 e. The van der Waals surface area contributed by atoms with Gasteiger partial charge in [-0.15, -0.1) is 0 Å². The molecule has 1 aliphatic heterocycles. The minimum Gasteiger partial charge on any atom is -0.379 e. The molecule has 0 aromatic rings. The molecule has 0 amide bonds. The second kappa shape index (κ2) is 7.13. The van der Waals surface area contributed by atoms with Crippen LogP contribution in [0.5, 0.6) is 0 Å². The summed E-state index contributed by atoms with van der Waals surface area (Å²) >= 11 is 0. The molecule has 0 aromatic carbocycles. The highest BCUT2D eigenvalue weighted by Crippen LogP contribution is 1.87. The van der Waals surface area contributed by atoms with E-state index < -0.39 is 10.1 Å². The highest BCUT2D eigenvalue weighted by Gasteiger charge is 2.02. The third kappa shape index (κ3) is 9.87. The molecule has 0 radical (unpaired) electrons. The maximum Gasteiger partial charge on any atom is 0.264 e. The molecule has 7 heteroatoms. The number of nitrogens with zero attached hydrogens (tertiary/aromatic N) is 1. The summed E-state index contributed by atoms with van der Waals surface area (Å²) in [6, 6.07) is 0. The van der Waals surface area contributed by atoms with Crippen LogP contribution < -0.4 is 5.84 Å². The van der Waals surface area contributed by atoms with Crippen molar-refractivity contribution in [2.45, 2.75) is 13.3 Å². The van der Waals surface area contributed by atoms with Crippen molar-refractivity contribution in [2.75, 3.05) is 32.1 Å². The molecule has 0 bridgehead atoms. The van der Waals surface area contributed by atoms with Crippen LogP contribution in [0, 0.1) is 0 Å². The second-order valence-corrected chi connectivity index (χ2v) is 4.51. The van der Waals surface area contributed by atoms with Crippen molar-refractivity contribution in [3.63, 3.8) is 0 Å². The van der Waals surface area contributed by atoms with Crippen LogP contribution in [0.15, 0.2) is 0 Å². The highest BCUT2D eigenvalue weighted by atomic mass is 32.2. The van der Waals surface area contributed by atoms with Gasteiger partial charge in [0.1, 0.15) is 0 Å². The van der Waals surface area contributed by atoms with E-state index in [-0.39, 0.29) is 5.75 Å². The molecule has 0 spiro atoms. The maximum atomic E-state index is 9.79. The number of hydrogen-bond acceptors (Lipinski definition) is 5. The van der Waals surface area contributed by atoms with Gasteiger partial charge in [0.15, 0.2) is 0 Å². The predicted molar refractivity (Wildman–Crippen MR) is 53.3 cm³/mol. The van der Waals surface area contributed by atoms with Gasteiger partial charge in [-0.05, 0) is 6.42 Å². The lowest BCUT2D eigenvalue weighted by atomic mass is 10.5. The van der Waals surface area contributed by atoms with Crippen LogP contribution >= 0.6 is 0 Å². The topological polar surface area (TPSA) is 92.9 Å². The maximum absolute atomic E-state index is 9.79. The molecule has 3 N–H and O–H groups in total. The van der Waals surface area contributed by atoms with E-state index >= 15 is 0 Å². The summed E-state index contributed by atoms with van der Waals surface area (Å²) < 4.78 is 32.6. The molecule has 1 aliphatic rings. The number of hydrogen-bond donors (Lipinski definition) is 2. The molecule has 1 rings (SSSR count). The molecule has 0 aliphatic carbocycles. The van der Waals surface area contributed by atoms with Crippen LogP contribution in [-0.2, 0) is 14.9 Å². The van der Waals surface area contributed by atoms with Crippen LogP contribution in [-0.4, -0.2) is 50.0 Å². The minimum atomic E-state index is -3.67. The Hall–Kier alpha value is -0.210. The summed E-state index contributed by atoms with van der Waals surface area (Å²) in [6.07, 6.45) is 0.471. The van der Waals surface area contributed by atoms with E-state index in [1.807, 2.05) is 0 Å². The largest absolute Gasteiger partial charge is 0.379 e. The fourth-order valence-corrected chi connectivity index (χ4v) is 1.35. The Bertz CT molecular complexity index is 224. The monoisotopic (exact) mass is 226 g/mol. The first kappa shape index (κ1) is 13.8. The molecule has 6 nitrogen and oxygen atoms in total. The lowest BCUT2D eigenvalue weighted by Gasteiger charge is -2.20. The van der Waals surface area contributed by atoms with Crippen molar-refractivity contribution in [1.29, 1.82) is 0 Å². The molecule has 14 heavy (non-hydrogen) atoms. The van der Waals surface area contributed by atoms with Crippen molar-refractivity contribution >= 4 is 10.1 Å². The first-order valence-electron chi connectivity index (χ1n) is 4.48. The molecule has 1 heterocycles. The Labute approximate surface area is 84.7 Å². The average molecular weight is 226 g/mol. The summed E-state index contributed by atoms with van der Waals surface area (Å²) in [4.78, 5) is 0. The fourth-order valence-electron chi connectivity index (χ4n) is 0.835. The van der Waals surface area contributed by atoms with Gasteiger partial charge in [-0.3, -0.25) is 10.4 Å². The van der Waals surface area contributed by atoms with Gasteiger partial charge < -0.3 is 4.74 Å². The fraction of sp³-hybridized carbons (Fsp3) is 1.00. The van der Waals surface area contributed by atoms with Crippen LogP contribution in [0.2, 0.25) is 0 Å². The Balaban J connectivity index is 0.000000241. The summed E-state index contributed by atoms with van der Waals surface area (Å²) in [5.74, 6) is 5.26. The zero-order valence-corrected chi connectivity index (χ0v) is 9.16. The zero-order valence-electron chi connectivity index (χ0n) is 8.35. The highest BCUT2D eigenvalue weighted by molar-refractivity contribution is 7.85. The number of hydrazine groups is 1. The van der Waals surface area contributed by atoms with E-state index in [1.165, 1.54) is 0 Å². The van der Waals surface area contributed by atoms with Gasteiger partial charge in [0, 0.05) is 13.1 Å². The lowest BCUT2D eigenvalue weighted by Crippen LogP contribution is -2.41. The van der Waals surface area contributed by atoms with E-state index in [4.69, 9.17) is 15.1 Å². The first-order chi connectivity index (χ1) is 6.45. The van der Waals surface area contributed by atoms with Crippen molar-refractivity contribution in [3.8, 4) is 0 Å². The zero-order chi connectivity index (χ0) is 11.0. The summed E-state index contributed by atoms with van der Waals surface area (Å²) in [5.41, 5.74) is 0. The van der Waals surface area contributed by atoms with Crippen molar-refractivity contribution in [2.24, 2.45) is 5.84 Å². The van der Waals surface area contributed by atoms with Crippen LogP contribution in [0.4, 0.5) is 0 Å². The SMILES string of the molecule is CCCS(=O)(=O)O.NN1CCOCC1. The molecule has 1 fully saturated rings. The second-order valence-electron chi connectivity index (χ2n) is 2.93.